The van der Waals surface area contributed by atoms with Crippen molar-refractivity contribution < 1.29 is 13.2 Å². The highest BCUT2D eigenvalue weighted by molar-refractivity contribution is 5.58. The van der Waals surface area contributed by atoms with Crippen molar-refractivity contribution in [3.05, 3.63) is 23.8 Å². The van der Waals surface area contributed by atoms with Crippen LogP contribution in [0.15, 0.2) is 18.2 Å². The predicted molar refractivity (Wildman–Crippen MR) is 73.3 cm³/mol. The zero-order chi connectivity index (χ0) is 14.3. The molecule has 2 aliphatic carbocycles. The number of nitrogen functional groups attached to an aromatic ring is 1. The van der Waals surface area contributed by atoms with Gasteiger partial charge in [-0.2, -0.15) is 13.2 Å². The first-order valence-electron chi connectivity index (χ1n) is 7.14. The summed E-state index contributed by atoms with van der Waals surface area (Å²) in [6.07, 6.45) is 0.753. The fraction of sp³-hybridized carbons (Fsp3) is 0.600. The third-order valence-corrected chi connectivity index (χ3v) is 4.81. The van der Waals surface area contributed by atoms with Crippen LogP contribution in [0.1, 0.15) is 31.2 Å². The number of nitrogens with one attached hydrogen (secondary N) is 1. The fourth-order valence-corrected chi connectivity index (χ4v) is 3.79. The summed E-state index contributed by atoms with van der Waals surface area (Å²) in [6, 6.07) is 4.06. The number of fused-ring (bicyclic) bond motifs is 2. The highest BCUT2D eigenvalue weighted by Gasteiger charge is 2.39. The Labute approximate surface area is 116 Å². The van der Waals surface area contributed by atoms with Crippen molar-refractivity contribution in [3.63, 3.8) is 0 Å². The zero-order valence-corrected chi connectivity index (χ0v) is 11.2. The smallest absolute Gasteiger partial charge is 0.398 e. The molecule has 3 atom stereocenters. The lowest BCUT2D eigenvalue weighted by Crippen LogP contribution is -2.20. The normalized spacial score (nSPS) is 28.9. The van der Waals surface area contributed by atoms with E-state index in [1.54, 1.807) is 6.07 Å². The van der Waals surface area contributed by atoms with Gasteiger partial charge in [-0.25, -0.2) is 0 Å². The summed E-state index contributed by atoms with van der Waals surface area (Å²) in [5.74, 6) is 2.23. The van der Waals surface area contributed by atoms with E-state index in [4.69, 9.17) is 5.73 Å². The molecule has 2 nitrogen and oxygen atoms in total. The summed E-state index contributed by atoms with van der Waals surface area (Å²) in [5, 5.41) is 3.16. The van der Waals surface area contributed by atoms with Gasteiger partial charge in [0.25, 0.3) is 0 Å². The number of alkyl halides is 3. The minimum absolute atomic E-state index is 0.219. The second-order valence-corrected chi connectivity index (χ2v) is 6.12. The van der Waals surface area contributed by atoms with Crippen LogP contribution in [-0.4, -0.2) is 6.54 Å². The van der Waals surface area contributed by atoms with Crippen LogP contribution < -0.4 is 11.1 Å². The molecule has 20 heavy (non-hydrogen) atoms. The fourth-order valence-electron chi connectivity index (χ4n) is 3.79. The second kappa shape index (κ2) is 4.86. The van der Waals surface area contributed by atoms with Crippen LogP contribution in [0, 0.1) is 17.8 Å². The summed E-state index contributed by atoms with van der Waals surface area (Å²) in [5.41, 5.74) is 4.93. The third-order valence-electron chi connectivity index (χ3n) is 4.81. The van der Waals surface area contributed by atoms with Crippen LogP contribution >= 0.6 is 0 Å². The van der Waals surface area contributed by atoms with Gasteiger partial charge in [0.15, 0.2) is 0 Å². The molecule has 0 aromatic heterocycles. The van der Waals surface area contributed by atoms with Crippen LogP contribution in [0.3, 0.4) is 0 Å². The Hall–Kier alpha value is -1.39. The standard InChI is InChI=1S/C15H19F3N2/c16-15(17,18)13-7-12(3-4-14(13)19)20-8-11-6-9-1-2-10(11)5-9/h3-4,7,9-11,20H,1-2,5-6,8,19H2. The quantitative estimate of drug-likeness (QED) is 0.819. The van der Waals surface area contributed by atoms with Crippen molar-refractivity contribution in [2.24, 2.45) is 17.8 Å². The van der Waals surface area contributed by atoms with Gasteiger partial charge in [0.05, 0.1) is 5.56 Å². The Balaban J connectivity index is 1.66. The molecule has 0 saturated heterocycles. The van der Waals surface area contributed by atoms with Crippen molar-refractivity contribution in [3.8, 4) is 0 Å². The van der Waals surface area contributed by atoms with Gasteiger partial charge < -0.3 is 11.1 Å². The Morgan fingerprint density at radius 3 is 2.60 bits per heavy atom. The average molecular weight is 284 g/mol. The van der Waals surface area contributed by atoms with E-state index >= 15 is 0 Å². The van der Waals surface area contributed by atoms with E-state index in [1.807, 2.05) is 0 Å². The first kappa shape index (κ1) is 13.6. The monoisotopic (exact) mass is 284 g/mol. The number of hydrogen-bond donors (Lipinski definition) is 2. The van der Waals surface area contributed by atoms with E-state index in [1.165, 1.54) is 31.7 Å². The highest BCUT2D eigenvalue weighted by Crippen LogP contribution is 2.48. The molecule has 5 heteroatoms. The Morgan fingerprint density at radius 1 is 1.20 bits per heavy atom. The van der Waals surface area contributed by atoms with E-state index in [9.17, 15) is 13.2 Å². The first-order chi connectivity index (χ1) is 9.43. The highest BCUT2D eigenvalue weighted by atomic mass is 19.4. The molecule has 0 amide bonds. The van der Waals surface area contributed by atoms with Crippen molar-refractivity contribution in [1.29, 1.82) is 0 Å². The van der Waals surface area contributed by atoms with Gasteiger partial charge in [0.1, 0.15) is 0 Å². The Kier molecular flexibility index (Phi) is 3.30. The molecule has 2 bridgehead atoms. The summed E-state index contributed by atoms with van der Waals surface area (Å²) in [4.78, 5) is 0. The van der Waals surface area contributed by atoms with Crippen molar-refractivity contribution in [2.45, 2.75) is 31.9 Å². The maximum atomic E-state index is 12.8. The molecule has 110 valence electrons. The van der Waals surface area contributed by atoms with Crippen molar-refractivity contribution in [2.75, 3.05) is 17.6 Å². The molecule has 0 spiro atoms. The molecule has 0 heterocycles. The number of nitrogens with two attached hydrogens (primary N) is 1. The molecule has 0 aliphatic heterocycles. The molecule has 3 N–H and O–H groups in total. The van der Waals surface area contributed by atoms with Gasteiger partial charge in [-0.3, -0.25) is 0 Å². The summed E-state index contributed by atoms with van der Waals surface area (Å²) in [6.45, 7) is 0.766. The molecule has 3 unspecified atom stereocenters. The van der Waals surface area contributed by atoms with Gasteiger partial charge in [0.2, 0.25) is 0 Å². The molecule has 1 aromatic carbocycles. The number of anilines is 2. The first-order valence-corrected chi connectivity index (χ1v) is 7.14. The third kappa shape index (κ3) is 2.58. The summed E-state index contributed by atoms with van der Waals surface area (Å²) in [7, 11) is 0. The second-order valence-electron chi connectivity index (χ2n) is 6.12. The largest absolute Gasteiger partial charge is 0.418 e. The van der Waals surface area contributed by atoms with Crippen LogP contribution in [0.4, 0.5) is 24.5 Å². The molecule has 2 fully saturated rings. The molecule has 1 aromatic rings. The van der Waals surface area contributed by atoms with Crippen LogP contribution in [0.2, 0.25) is 0 Å². The maximum Gasteiger partial charge on any atom is 0.418 e. The van der Waals surface area contributed by atoms with Gasteiger partial charge in [-0.05, 0) is 55.2 Å². The van der Waals surface area contributed by atoms with Crippen LogP contribution in [-0.2, 0) is 6.18 Å². The molecule has 3 rings (SSSR count). The van der Waals surface area contributed by atoms with Crippen molar-refractivity contribution in [1.82, 2.24) is 0 Å². The SMILES string of the molecule is Nc1ccc(NCC2CC3CCC2C3)cc1C(F)(F)F. The Bertz CT molecular complexity index is 498. The minimum atomic E-state index is -4.39. The molecular formula is C15H19F3N2. The minimum Gasteiger partial charge on any atom is -0.398 e. The zero-order valence-electron chi connectivity index (χ0n) is 11.2. The molecule has 0 radical (unpaired) electrons. The lowest BCUT2D eigenvalue weighted by molar-refractivity contribution is -0.136. The lowest BCUT2D eigenvalue weighted by Gasteiger charge is -2.22. The predicted octanol–water partition coefficient (Wildman–Crippen LogP) is 4.14. The molecule has 2 saturated carbocycles. The van der Waals surface area contributed by atoms with E-state index in [0.29, 0.717) is 11.6 Å². The number of rotatable bonds is 3. The molecule has 2 aliphatic rings. The summed E-state index contributed by atoms with van der Waals surface area (Å²) >= 11 is 0. The van der Waals surface area contributed by atoms with E-state index in [0.717, 1.165) is 24.4 Å². The summed E-state index contributed by atoms with van der Waals surface area (Å²) < 4.78 is 38.4. The maximum absolute atomic E-state index is 12.8. The number of halogens is 3. The topological polar surface area (TPSA) is 38.0 Å². The number of hydrogen-bond acceptors (Lipinski definition) is 2. The van der Waals surface area contributed by atoms with Gasteiger partial charge in [0, 0.05) is 17.9 Å². The van der Waals surface area contributed by atoms with E-state index < -0.39 is 11.7 Å². The van der Waals surface area contributed by atoms with Crippen LogP contribution in [0.5, 0.6) is 0 Å². The van der Waals surface area contributed by atoms with Gasteiger partial charge >= 0.3 is 6.18 Å². The molecular weight excluding hydrogens is 265 g/mol. The number of benzene rings is 1. The van der Waals surface area contributed by atoms with E-state index in [2.05, 4.69) is 5.32 Å². The van der Waals surface area contributed by atoms with Crippen molar-refractivity contribution >= 4 is 11.4 Å². The van der Waals surface area contributed by atoms with Gasteiger partial charge in [-0.1, -0.05) is 6.42 Å². The van der Waals surface area contributed by atoms with E-state index in [-0.39, 0.29) is 5.69 Å². The lowest BCUT2D eigenvalue weighted by atomic mass is 9.89. The van der Waals surface area contributed by atoms with Gasteiger partial charge in [-0.15, -0.1) is 0 Å². The average Bonchev–Trinajstić information content (AvgIpc) is 2.98. The van der Waals surface area contributed by atoms with Crippen LogP contribution in [0.25, 0.3) is 0 Å². The Morgan fingerprint density at radius 2 is 2.00 bits per heavy atom.